The SMILES string of the molecule is O=C(/C=C/c1ccc(Br)s1)NCCC(=O)Nc1ccc(Br)cc1. The van der Waals surface area contributed by atoms with Crippen LogP contribution in [0.25, 0.3) is 6.08 Å². The third kappa shape index (κ3) is 6.68. The molecule has 0 unspecified atom stereocenters. The van der Waals surface area contributed by atoms with Crippen molar-refractivity contribution in [2.45, 2.75) is 6.42 Å². The Morgan fingerprint density at radius 3 is 2.48 bits per heavy atom. The average molecular weight is 458 g/mol. The summed E-state index contributed by atoms with van der Waals surface area (Å²) in [5, 5.41) is 5.46. The summed E-state index contributed by atoms with van der Waals surface area (Å²) in [4.78, 5) is 24.4. The van der Waals surface area contributed by atoms with Crippen LogP contribution in [0.15, 0.2) is 50.7 Å². The van der Waals surface area contributed by atoms with E-state index in [0.29, 0.717) is 6.54 Å². The number of thiophene rings is 1. The van der Waals surface area contributed by atoms with Crippen molar-refractivity contribution >= 4 is 66.8 Å². The fourth-order valence-corrected chi connectivity index (χ4v) is 3.28. The van der Waals surface area contributed by atoms with Gasteiger partial charge in [0, 0.05) is 34.1 Å². The van der Waals surface area contributed by atoms with Gasteiger partial charge in [-0.3, -0.25) is 9.59 Å². The molecule has 2 amide bonds. The summed E-state index contributed by atoms with van der Waals surface area (Å²) >= 11 is 8.24. The van der Waals surface area contributed by atoms with Gasteiger partial charge in [0.25, 0.3) is 0 Å². The van der Waals surface area contributed by atoms with Gasteiger partial charge in [-0.15, -0.1) is 11.3 Å². The fraction of sp³-hybridized carbons (Fsp3) is 0.125. The lowest BCUT2D eigenvalue weighted by Gasteiger charge is -2.05. The molecule has 1 aromatic carbocycles. The first-order valence-corrected chi connectivity index (χ1v) is 9.20. The highest BCUT2D eigenvalue weighted by atomic mass is 79.9. The molecule has 23 heavy (non-hydrogen) atoms. The minimum Gasteiger partial charge on any atom is -0.352 e. The average Bonchev–Trinajstić information content (AvgIpc) is 2.93. The minimum absolute atomic E-state index is 0.140. The maximum absolute atomic E-state index is 11.8. The molecule has 0 saturated carbocycles. The Bertz CT molecular complexity index is 711. The number of rotatable bonds is 6. The second-order valence-electron chi connectivity index (χ2n) is 4.57. The van der Waals surface area contributed by atoms with Crippen LogP contribution in [0.4, 0.5) is 5.69 Å². The minimum atomic E-state index is -0.217. The highest BCUT2D eigenvalue weighted by molar-refractivity contribution is 9.11. The molecule has 0 saturated heterocycles. The zero-order chi connectivity index (χ0) is 16.7. The van der Waals surface area contributed by atoms with E-state index in [-0.39, 0.29) is 18.2 Å². The Hall–Kier alpha value is -1.44. The molecule has 2 aromatic rings. The van der Waals surface area contributed by atoms with E-state index in [1.165, 1.54) is 6.08 Å². The van der Waals surface area contributed by atoms with E-state index < -0.39 is 0 Å². The molecule has 0 radical (unpaired) electrons. The summed E-state index contributed by atoms with van der Waals surface area (Å²) < 4.78 is 1.97. The number of nitrogens with one attached hydrogen (secondary N) is 2. The normalized spacial score (nSPS) is 10.7. The van der Waals surface area contributed by atoms with Crippen LogP contribution in [0.3, 0.4) is 0 Å². The molecular weight excluding hydrogens is 444 g/mol. The van der Waals surface area contributed by atoms with E-state index >= 15 is 0 Å². The highest BCUT2D eigenvalue weighted by Gasteiger charge is 2.03. The summed E-state index contributed by atoms with van der Waals surface area (Å²) in [6.07, 6.45) is 3.43. The smallest absolute Gasteiger partial charge is 0.244 e. The fourth-order valence-electron chi connectivity index (χ4n) is 1.69. The molecule has 1 heterocycles. The number of carbonyl (C=O) groups excluding carboxylic acids is 2. The molecule has 4 nitrogen and oxygen atoms in total. The van der Waals surface area contributed by atoms with Gasteiger partial charge < -0.3 is 10.6 Å². The van der Waals surface area contributed by atoms with Gasteiger partial charge >= 0.3 is 0 Å². The summed E-state index contributed by atoms with van der Waals surface area (Å²) in [6.45, 7) is 0.291. The number of benzene rings is 1. The first-order valence-electron chi connectivity index (χ1n) is 6.79. The van der Waals surface area contributed by atoms with Crippen molar-refractivity contribution in [3.63, 3.8) is 0 Å². The lowest BCUT2D eigenvalue weighted by atomic mass is 10.3. The van der Waals surface area contributed by atoms with E-state index in [0.717, 1.165) is 18.8 Å². The van der Waals surface area contributed by atoms with Crippen LogP contribution in [0, 0.1) is 0 Å². The Balaban J connectivity index is 1.69. The van der Waals surface area contributed by atoms with Gasteiger partial charge in [-0.2, -0.15) is 0 Å². The zero-order valence-corrected chi connectivity index (χ0v) is 16.0. The second-order valence-corrected chi connectivity index (χ2v) is 7.98. The Kier molecular flexibility index (Phi) is 7.01. The van der Waals surface area contributed by atoms with E-state index in [1.54, 1.807) is 17.4 Å². The molecular formula is C16H14Br2N2O2S. The summed E-state index contributed by atoms with van der Waals surface area (Å²) in [6, 6.07) is 11.2. The molecule has 0 atom stereocenters. The first-order chi connectivity index (χ1) is 11.0. The van der Waals surface area contributed by atoms with Gasteiger partial charge in [-0.05, 0) is 58.4 Å². The van der Waals surface area contributed by atoms with Gasteiger partial charge in [0.1, 0.15) is 0 Å². The van der Waals surface area contributed by atoms with Gasteiger partial charge in [0.05, 0.1) is 3.79 Å². The Labute approximate surface area is 155 Å². The van der Waals surface area contributed by atoms with Gasteiger partial charge in [-0.1, -0.05) is 15.9 Å². The standard InChI is InChI=1S/C16H14Br2N2O2S/c17-11-1-3-12(4-2-11)20-16(22)9-10-19-15(21)8-6-13-5-7-14(18)23-13/h1-8H,9-10H2,(H,19,21)(H,20,22)/b8-6+. The van der Waals surface area contributed by atoms with Crippen molar-refractivity contribution < 1.29 is 9.59 Å². The quantitative estimate of drug-likeness (QED) is 0.630. The largest absolute Gasteiger partial charge is 0.352 e. The Morgan fingerprint density at radius 2 is 1.83 bits per heavy atom. The van der Waals surface area contributed by atoms with E-state index in [4.69, 9.17) is 0 Å². The van der Waals surface area contributed by atoms with Crippen molar-refractivity contribution in [1.29, 1.82) is 0 Å². The summed E-state index contributed by atoms with van der Waals surface area (Å²) in [5.41, 5.74) is 0.729. The maximum Gasteiger partial charge on any atom is 0.244 e. The highest BCUT2D eigenvalue weighted by Crippen LogP contribution is 2.22. The predicted molar refractivity (Wildman–Crippen MR) is 101 cm³/mol. The molecule has 7 heteroatoms. The van der Waals surface area contributed by atoms with Crippen molar-refractivity contribution in [2.75, 3.05) is 11.9 Å². The van der Waals surface area contributed by atoms with Crippen molar-refractivity contribution in [2.24, 2.45) is 0 Å². The lowest BCUT2D eigenvalue weighted by Crippen LogP contribution is -2.26. The second kappa shape index (κ2) is 9.00. The summed E-state index contributed by atoms with van der Waals surface area (Å²) in [5.74, 6) is -0.357. The predicted octanol–water partition coefficient (Wildman–Crippen LogP) is 4.43. The molecule has 0 fully saturated rings. The molecule has 0 bridgehead atoms. The zero-order valence-electron chi connectivity index (χ0n) is 12.0. The van der Waals surface area contributed by atoms with Crippen LogP contribution in [-0.2, 0) is 9.59 Å². The van der Waals surface area contributed by atoms with Crippen molar-refractivity contribution in [3.8, 4) is 0 Å². The monoisotopic (exact) mass is 456 g/mol. The van der Waals surface area contributed by atoms with Crippen LogP contribution >= 0.6 is 43.2 Å². The van der Waals surface area contributed by atoms with Crippen LogP contribution in [-0.4, -0.2) is 18.4 Å². The number of hydrogen-bond acceptors (Lipinski definition) is 3. The molecule has 2 N–H and O–H groups in total. The van der Waals surface area contributed by atoms with E-state index in [2.05, 4.69) is 42.5 Å². The molecule has 0 aliphatic heterocycles. The Morgan fingerprint density at radius 1 is 1.09 bits per heavy atom. The van der Waals surface area contributed by atoms with Gasteiger partial charge in [-0.25, -0.2) is 0 Å². The van der Waals surface area contributed by atoms with Crippen molar-refractivity contribution in [3.05, 3.63) is 55.6 Å². The topological polar surface area (TPSA) is 58.2 Å². The number of carbonyl (C=O) groups is 2. The number of hydrogen-bond donors (Lipinski definition) is 2. The third-order valence-corrected chi connectivity index (χ3v) is 4.89. The van der Waals surface area contributed by atoms with Crippen LogP contribution in [0.1, 0.15) is 11.3 Å². The number of halogens is 2. The lowest BCUT2D eigenvalue weighted by molar-refractivity contribution is -0.117. The molecule has 120 valence electrons. The first kappa shape index (κ1) is 17.9. The molecule has 0 aliphatic carbocycles. The molecule has 1 aromatic heterocycles. The van der Waals surface area contributed by atoms with Gasteiger partial charge in [0.2, 0.25) is 11.8 Å². The molecule has 2 rings (SSSR count). The summed E-state index contributed by atoms with van der Waals surface area (Å²) in [7, 11) is 0. The third-order valence-electron chi connectivity index (χ3n) is 2.77. The number of anilines is 1. The van der Waals surface area contributed by atoms with E-state index in [9.17, 15) is 9.59 Å². The van der Waals surface area contributed by atoms with Crippen molar-refractivity contribution in [1.82, 2.24) is 5.32 Å². The molecule has 0 spiro atoms. The van der Waals surface area contributed by atoms with Crippen LogP contribution in [0.5, 0.6) is 0 Å². The number of amides is 2. The van der Waals surface area contributed by atoms with Crippen LogP contribution in [0.2, 0.25) is 0 Å². The van der Waals surface area contributed by atoms with Crippen LogP contribution < -0.4 is 10.6 Å². The molecule has 0 aliphatic rings. The maximum atomic E-state index is 11.8. The van der Waals surface area contributed by atoms with Gasteiger partial charge in [0.15, 0.2) is 0 Å². The van der Waals surface area contributed by atoms with E-state index in [1.807, 2.05) is 36.4 Å².